The van der Waals surface area contributed by atoms with E-state index in [1.807, 2.05) is 30.3 Å². The average Bonchev–Trinajstić information content (AvgIpc) is 3.23. The van der Waals surface area contributed by atoms with E-state index in [1.165, 1.54) is 11.1 Å². The van der Waals surface area contributed by atoms with Gasteiger partial charge in [0, 0.05) is 6.61 Å². The molecule has 1 aliphatic carbocycles. The van der Waals surface area contributed by atoms with Crippen LogP contribution in [0.25, 0.3) is 0 Å². The summed E-state index contributed by atoms with van der Waals surface area (Å²) in [5, 5.41) is 18.3. The largest absolute Gasteiger partial charge is 2.00 e. The van der Waals surface area contributed by atoms with E-state index in [0.717, 1.165) is 0 Å². The molecule has 0 unspecified atom stereocenters. The number of aliphatic hydroxyl groups excluding tert-OH is 1. The molecule has 0 aromatic heterocycles. The Labute approximate surface area is 147 Å². The Morgan fingerprint density at radius 2 is 1.70 bits per heavy atom. The smallest absolute Gasteiger partial charge is 0.629 e. The second-order valence-corrected chi connectivity index (χ2v) is 4.75. The van der Waals surface area contributed by atoms with Crippen LogP contribution >= 0.6 is 0 Å². The number of hydrogen-bond donors (Lipinski definition) is 1. The molecule has 0 bridgehead atoms. The van der Waals surface area contributed by atoms with Crippen molar-refractivity contribution in [3.63, 3.8) is 0 Å². The number of ether oxygens (including phenoxy) is 1. The first-order valence-corrected chi connectivity index (χ1v) is 7.03. The summed E-state index contributed by atoms with van der Waals surface area (Å²) >= 11 is 0. The Morgan fingerprint density at radius 1 is 1.00 bits per heavy atom. The Kier molecular flexibility index (Phi) is 8.69. The van der Waals surface area contributed by atoms with Crippen molar-refractivity contribution < 1.29 is 32.0 Å². The van der Waals surface area contributed by atoms with Crippen molar-refractivity contribution in [1.82, 2.24) is 0 Å². The van der Waals surface area contributed by atoms with Gasteiger partial charge in [0.05, 0.1) is 12.6 Å². The zero-order chi connectivity index (χ0) is 15.6. The Balaban J connectivity index is 0.000000253. The number of allylic oxidation sites excluding steroid dienone is 5. The summed E-state index contributed by atoms with van der Waals surface area (Å²) in [4.78, 5) is 0. The summed E-state index contributed by atoms with van der Waals surface area (Å²) in [5.74, 6) is -0.866. The van der Waals surface area contributed by atoms with Crippen LogP contribution in [0.1, 0.15) is 11.1 Å². The Morgan fingerprint density at radius 3 is 2.22 bits per heavy atom. The fraction of sp³-hybridized carbons (Fsp3) is 0.105. The predicted molar refractivity (Wildman–Crippen MR) is 84.9 cm³/mol. The molecule has 2 aromatic carbocycles. The molecule has 3 nitrogen and oxygen atoms in total. The number of hydrogen-bond acceptors (Lipinski definition) is 3. The fourth-order valence-electron chi connectivity index (χ4n) is 1.89. The van der Waals surface area contributed by atoms with Gasteiger partial charge in [-0.1, -0.05) is 54.6 Å². The van der Waals surface area contributed by atoms with Crippen molar-refractivity contribution in [1.29, 1.82) is 0 Å². The molecule has 0 saturated carbocycles. The topological polar surface area (TPSA) is 52.5 Å². The minimum atomic E-state index is -0.866. The van der Waals surface area contributed by atoms with E-state index in [1.54, 1.807) is 24.3 Å². The van der Waals surface area contributed by atoms with Crippen molar-refractivity contribution in [2.75, 3.05) is 0 Å². The van der Waals surface area contributed by atoms with E-state index >= 15 is 0 Å². The zero-order valence-corrected chi connectivity index (χ0v) is 13.6. The van der Waals surface area contributed by atoms with Gasteiger partial charge >= 0.3 is 17.1 Å². The molecule has 1 N–H and O–H groups in total. The maximum absolute atomic E-state index is 10.1. The van der Waals surface area contributed by atoms with Crippen LogP contribution in [0, 0.1) is 0 Å². The van der Waals surface area contributed by atoms with Crippen LogP contribution in [-0.4, -0.2) is 5.11 Å². The van der Waals surface area contributed by atoms with Gasteiger partial charge in [-0.15, -0.1) is 5.56 Å². The quantitative estimate of drug-likeness (QED) is 0.523. The van der Waals surface area contributed by atoms with Crippen LogP contribution in [0.3, 0.4) is 0 Å². The number of rotatable bonds is 4. The van der Waals surface area contributed by atoms with E-state index in [4.69, 9.17) is 9.84 Å². The molecule has 4 heteroatoms. The van der Waals surface area contributed by atoms with Crippen LogP contribution in [0.4, 0.5) is 0 Å². The molecule has 23 heavy (non-hydrogen) atoms. The third kappa shape index (κ3) is 7.11. The van der Waals surface area contributed by atoms with Crippen molar-refractivity contribution in [3.05, 3.63) is 102 Å². The molecule has 0 saturated heterocycles. The molecule has 0 atom stereocenters. The third-order valence-electron chi connectivity index (χ3n) is 3.02. The minimum Gasteiger partial charge on any atom is -0.629 e. The van der Waals surface area contributed by atoms with Crippen molar-refractivity contribution in [3.8, 4) is 0 Å². The molecule has 1 aliphatic rings. The van der Waals surface area contributed by atoms with Crippen LogP contribution in [0.5, 0.6) is 0 Å². The fourth-order valence-corrected chi connectivity index (χ4v) is 1.89. The van der Waals surface area contributed by atoms with Crippen LogP contribution < -0.4 is 5.11 Å². The first-order valence-electron chi connectivity index (χ1n) is 7.03. The summed E-state index contributed by atoms with van der Waals surface area (Å²) in [6.07, 6.45) is 6.51. The van der Waals surface area contributed by atoms with Crippen LogP contribution in [0.2, 0.25) is 0 Å². The summed E-state index contributed by atoms with van der Waals surface area (Å²) in [7, 11) is 0. The zero-order valence-electron chi connectivity index (χ0n) is 12.5. The van der Waals surface area contributed by atoms with Gasteiger partial charge in [-0.05, 0) is 11.1 Å². The minimum absolute atomic E-state index is 0. The van der Waals surface area contributed by atoms with Gasteiger partial charge in [0.2, 0.25) is 0 Å². The molecule has 3 rings (SSSR count). The molecule has 0 heterocycles. The van der Waals surface area contributed by atoms with Gasteiger partial charge in [0.15, 0.2) is 0 Å². The second kappa shape index (κ2) is 10.6. The molecular weight excluding hydrogens is 332 g/mol. The number of aliphatic hydroxyl groups is 1. The molecule has 2 aromatic rings. The second-order valence-electron chi connectivity index (χ2n) is 4.75. The Hall–Kier alpha value is -2.13. The molecule has 0 aliphatic heterocycles. The molecule has 0 radical (unpaired) electrons. The van der Waals surface area contributed by atoms with Gasteiger partial charge in [-0.3, -0.25) is 0 Å². The van der Waals surface area contributed by atoms with E-state index < -0.39 is 5.95 Å². The van der Waals surface area contributed by atoms with Gasteiger partial charge in [-0.2, -0.15) is 12.1 Å². The van der Waals surface area contributed by atoms with Crippen LogP contribution in [0.15, 0.2) is 90.4 Å². The summed E-state index contributed by atoms with van der Waals surface area (Å²) in [6, 6.07) is 18.4. The summed E-state index contributed by atoms with van der Waals surface area (Å²) < 4.78 is 5.56. The SMILES string of the molecule is [Fe+2].[O-]C(O)=C1C=CC=C1.c1ccc(COCc2ccc[cH-]2)cc1. The van der Waals surface area contributed by atoms with E-state index in [-0.39, 0.29) is 17.1 Å². The summed E-state index contributed by atoms with van der Waals surface area (Å²) in [6.45, 7) is 1.38. The van der Waals surface area contributed by atoms with E-state index in [9.17, 15) is 5.11 Å². The molecule has 0 amide bonds. The maximum Gasteiger partial charge on any atom is 2.00 e. The summed E-state index contributed by atoms with van der Waals surface area (Å²) in [5.41, 5.74) is 2.81. The average molecular weight is 350 g/mol. The molecule has 0 fully saturated rings. The number of benzene rings is 1. The van der Waals surface area contributed by atoms with Gasteiger partial charge in [-0.25, -0.2) is 12.1 Å². The van der Waals surface area contributed by atoms with Gasteiger partial charge in [0.1, 0.15) is 0 Å². The van der Waals surface area contributed by atoms with Gasteiger partial charge in [0.25, 0.3) is 0 Å². The standard InChI is InChI=1S/C13H13O.C6H6O2.Fe/c1-2-6-12(7-3-1)10-14-11-13-8-4-5-9-13;7-6(8)5-3-1-2-4-5;/h1-9H,10-11H2;1-4,7-8H;/q-1;;+2/p-1. The molecule has 120 valence electrons. The predicted octanol–water partition coefficient (Wildman–Crippen LogP) is 3.36. The van der Waals surface area contributed by atoms with Crippen molar-refractivity contribution in [2.24, 2.45) is 0 Å². The first kappa shape index (κ1) is 18.9. The normalized spacial score (nSPS) is 11.6. The van der Waals surface area contributed by atoms with Crippen LogP contribution in [-0.2, 0) is 35.0 Å². The van der Waals surface area contributed by atoms with Crippen molar-refractivity contribution >= 4 is 0 Å². The monoisotopic (exact) mass is 350 g/mol. The Bertz CT molecular complexity index is 623. The molecular formula is C19H18FeO3. The van der Waals surface area contributed by atoms with E-state index in [0.29, 0.717) is 18.8 Å². The third-order valence-corrected chi connectivity index (χ3v) is 3.02. The maximum atomic E-state index is 10.1. The molecule has 0 spiro atoms. The van der Waals surface area contributed by atoms with Crippen molar-refractivity contribution in [2.45, 2.75) is 13.2 Å². The van der Waals surface area contributed by atoms with Gasteiger partial charge < -0.3 is 14.9 Å². The van der Waals surface area contributed by atoms with E-state index in [2.05, 4.69) is 24.3 Å². The first-order chi connectivity index (χ1) is 10.8.